The standard InChI is InChI=1S/C18H30N4O3/c1-4-5-6-8-12-22-17(24)15-16(20(3)18(22)25)19-13-21(15)11-9-7-10-14(2)23/h13-14,23H,4-12H2,1-3H3. The summed E-state index contributed by atoms with van der Waals surface area (Å²) in [4.78, 5) is 29.6. The lowest BCUT2D eigenvalue weighted by Crippen LogP contribution is -2.39. The largest absolute Gasteiger partial charge is 0.393 e. The average molecular weight is 350 g/mol. The van der Waals surface area contributed by atoms with E-state index in [4.69, 9.17) is 0 Å². The predicted octanol–water partition coefficient (Wildman–Crippen LogP) is 2.03. The summed E-state index contributed by atoms with van der Waals surface area (Å²) in [6, 6.07) is 0. The number of nitrogens with zero attached hydrogens (tertiary/aromatic N) is 4. The van der Waals surface area contributed by atoms with Gasteiger partial charge in [0.05, 0.1) is 12.4 Å². The Morgan fingerprint density at radius 1 is 1.12 bits per heavy atom. The SMILES string of the molecule is CCCCCCn1c(=O)c2c(ncn2CCCCC(C)O)n(C)c1=O. The first-order valence-electron chi connectivity index (χ1n) is 9.30. The molecule has 7 heteroatoms. The lowest BCUT2D eigenvalue weighted by molar-refractivity contribution is 0.180. The zero-order valence-electron chi connectivity index (χ0n) is 15.6. The number of rotatable bonds is 10. The monoisotopic (exact) mass is 350 g/mol. The van der Waals surface area contributed by atoms with Crippen molar-refractivity contribution >= 4 is 11.2 Å². The summed E-state index contributed by atoms with van der Waals surface area (Å²) in [5.41, 5.74) is 0.390. The van der Waals surface area contributed by atoms with Gasteiger partial charge in [-0.2, -0.15) is 0 Å². The van der Waals surface area contributed by atoms with Crippen molar-refractivity contribution in [2.24, 2.45) is 7.05 Å². The van der Waals surface area contributed by atoms with Crippen LogP contribution in [0.15, 0.2) is 15.9 Å². The molecule has 0 aromatic carbocycles. The van der Waals surface area contributed by atoms with E-state index in [0.29, 0.717) is 24.3 Å². The molecule has 0 aliphatic carbocycles. The van der Waals surface area contributed by atoms with Crippen LogP contribution in [0.2, 0.25) is 0 Å². The Morgan fingerprint density at radius 2 is 1.84 bits per heavy atom. The van der Waals surface area contributed by atoms with Crippen LogP contribution in [0, 0.1) is 0 Å². The predicted molar refractivity (Wildman–Crippen MR) is 98.9 cm³/mol. The van der Waals surface area contributed by atoms with Gasteiger partial charge in [-0.1, -0.05) is 26.2 Å². The van der Waals surface area contributed by atoms with Crippen LogP contribution in [0.25, 0.3) is 11.2 Å². The van der Waals surface area contributed by atoms with Crippen LogP contribution in [0.1, 0.15) is 58.8 Å². The Balaban J connectivity index is 2.26. The molecule has 7 nitrogen and oxygen atoms in total. The fourth-order valence-electron chi connectivity index (χ4n) is 3.11. The smallest absolute Gasteiger partial charge is 0.332 e. The van der Waals surface area contributed by atoms with Crippen LogP contribution >= 0.6 is 0 Å². The van der Waals surface area contributed by atoms with Gasteiger partial charge in [0.2, 0.25) is 0 Å². The van der Waals surface area contributed by atoms with E-state index < -0.39 is 0 Å². The highest BCUT2D eigenvalue weighted by atomic mass is 16.3. The average Bonchev–Trinajstić information content (AvgIpc) is 3.00. The second-order valence-corrected chi connectivity index (χ2v) is 6.81. The molecule has 140 valence electrons. The first-order chi connectivity index (χ1) is 12.0. The van der Waals surface area contributed by atoms with E-state index in [-0.39, 0.29) is 17.4 Å². The van der Waals surface area contributed by atoms with E-state index in [9.17, 15) is 14.7 Å². The molecule has 1 unspecified atom stereocenters. The maximum Gasteiger partial charge on any atom is 0.332 e. The van der Waals surface area contributed by atoms with Crippen LogP contribution in [0.5, 0.6) is 0 Å². The van der Waals surface area contributed by atoms with Crippen LogP contribution < -0.4 is 11.2 Å². The Morgan fingerprint density at radius 3 is 2.52 bits per heavy atom. The molecule has 2 rings (SSSR count). The number of aliphatic hydroxyl groups is 1. The first-order valence-corrected chi connectivity index (χ1v) is 9.30. The molecule has 0 saturated carbocycles. The molecule has 1 N–H and O–H groups in total. The second-order valence-electron chi connectivity index (χ2n) is 6.81. The van der Waals surface area contributed by atoms with Crippen LogP contribution in [0.3, 0.4) is 0 Å². The van der Waals surface area contributed by atoms with E-state index in [1.54, 1.807) is 20.3 Å². The number of aliphatic hydroxyl groups excluding tert-OH is 1. The van der Waals surface area contributed by atoms with Gasteiger partial charge in [0.15, 0.2) is 11.2 Å². The van der Waals surface area contributed by atoms with Crippen LogP contribution in [0.4, 0.5) is 0 Å². The maximum atomic E-state index is 12.8. The molecule has 0 aliphatic heterocycles. The molecule has 0 radical (unpaired) electrons. The summed E-state index contributed by atoms with van der Waals surface area (Å²) < 4.78 is 4.64. The van der Waals surface area contributed by atoms with E-state index in [1.807, 2.05) is 4.57 Å². The minimum absolute atomic E-state index is 0.248. The van der Waals surface area contributed by atoms with E-state index in [2.05, 4.69) is 11.9 Å². The van der Waals surface area contributed by atoms with Gasteiger partial charge in [-0.25, -0.2) is 9.78 Å². The minimum Gasteiger partial charge on any atom is -0.393 e. The molecule has 2 heterocycles. The Kier molecular flexibility index (Phi) is 6.99. The van der Waals surface area contributed by atoms with Crippen molar-refractivity contribution in [3.8, 4) is 0 Å². The molecule has 0 aliphatic rings. The van der Waals surface area contributed by atoms with E-state index >= 15 is 0 Å². The normalized spacial score (nSPS) is 12.8. The molecule has 1 atom stereocenters. The summed E-state index contributed by atoms with van der Waals surface area (Å²) in [5, 5.41) is 9.34. The van der Waals surface area contributed by atoms with Crippen LogP contribution in [-0.4, -0.2) is 29.9 Å². The van der Waals surface area contributed by atoms with Gasteiger partial charge in [0.1, 0.15) is 0 Å². The third kappa shape index (κ3) is 4.60. The quantitative estimate of drug-likeness (QED) is 0.665. The number of hydrogen-bond acceptors (Lipinski definition) is 4. The van der Waals surface area contributed by atoms with Crippen molar-refractivity contribution in [1.82, 2.24) is 18.7 Å². The van der Waals surface area contributed by atoms with Gasteiger partial charge in [0.25, 0.3) is 5.56 Å². The highest BCUT2D eigenvalue weighted by Crippen LogP contribution is 2.09. The third-order valence-electron chi connectivity index (χ3n) is 4.61. The molecule has 2 aromatic rings. The number of unbranched alkanes of at least 4 members (excludes halogenated alkanes) is 4. The number of fused-ring (bicyclic) bond motifs is 1. The van der Waals surface area contributed by atoms with Crippen molar-refractivity contribution in [3.05, 3.63) is 27.2 Å². The Bertz CT molecular complexity index is 801. The second kappa shape index (κ2) is 8.99. The molecule has 2 aromatic heterocycles. The van der Waals surface area contributed by atoms with Gasteiger partial charge >= 0.3 is 5.69 Å². The lowest BCUT2D eigenvalue weighted by Gasteiger charge is -2.10. The topological polar surface area (TPSA) is 82.0 Å². The number of aromatic nitrogens is 4. The number of imidazole rings is 1. The highest BCUT2D eigenvalue weighted by Gasteiger charge is 2.15. The molecule has 0 spiro atoms. The fourth-order valence-corrected chi connectivity index (χ4v) is 3.11. The Labute approximate surface area is 147 Å². The summed E-state index contributed by atoms with van der Waals surface area (Å²) >= 11 is 0. The van der Waals surface area contributed by atoms with E-state index in [1.165, 1.54) is 9.13 Å². The van der Waals surface area contributed by atoms with Crippen molar-refractivity contribution < 1.29 is 5.11 Å². The maximum absolute atomic E-state index is 12.8. The molecular formula is C18H30N4O3. The zero-order valence-corrected chi connectivity index (χ0v) is 15.6. The highest BCUT2D eigenvalue weighted by molar-refractivity contribution is 5.69. The summed E-state index contributed by atoms with van der Waals surface area (Å²) in [6.45, 7) is 5.02. The van der Waals surface area contributed by atoms with Gasteiger partial charge < -0.3 is 9.67 Å². The molecule has 0 saturated heterocycles. The zero-order chi connectivity index (χ0) is 18.4. The van der Waals surface area contributed by atoms with Gasteiger partial charge in [0, 0.05) is 20.1 Å². The lowest BCUT2D eigenvalue weighted by atomic mass is 10.2. The fraction of sp³-hybridized carbons (Fsp3) is 0.722. The summed E-state index contributed by atoms with van der Waals surface area (Å²) in [5.74, 6) is 0. The van der Waals surface area contributed by atoms with Crippen molar-refractivity contribution in [3.63, 3.8) is 0 Å². The van der Waals surface area contributed by atoms with Gasteiger partial charge in [-0.05, 0) is 32.6 Å². The summed E-state index contributed by atoms with van der Waals surface area (Å²) in [7, 11) is 1.66. The van der Waals surface area contributed by atoms with Crippen molar-refractivity contribution in [2.45, 2.75) is 78.0 Å². The molecule has 0 fully saturated rings. The number of hydrogen-bond donors (Lipinski definition) is 1. The molecule has 0 amide bonds. The molecule has 25 heavy (non-hydrogen) atoms. The number of aryl methyl sites for hydroxylation is 2. The molecule has 0 bridgehead atoms. The van der Waals surface area contributed by atoms with Gasteiger partial charge in [-0.3, -0.25) is 13.9 Å². The minimum atomic E-state index is -0.305. The van der Waals surface area contributed by atoms with Gasteiger partial charge in [-0.15, -0.1) is 0 Å². The third-order valence-corrected chi connectivity index (χ3v) is 4.61. The molecular weight excluding hydrogens is 320 g/mol. The first kappa shape index (κ1) is 19.4. The van der Waals surface area contributed by atoms with Crippen LogP contribution in [-0.2, 0) is 20.1 Å². The van der Waals surface area contributed by atoms with E-state index in [0.717, 1.165) is 44.9 Å². The van der Waals surface area contributed by atoms with Crippen molar-refractivity contribution in [2.75, 3.05) is 0 Å². The van der Waals surface area contributed by atoms with Crippen molar-refractivity contribution in [1.29, 1.82) is 0 Å². The Hall–Kier alpha value is -1.89. The summed E-state index contributed by atoms with van der Waals surface area (Å²) in [6.07, 6.45) is 7.88.